The normalized spacial score (nSPS) is 5.40. The molecule has 10 heavy (non-hydrogen) atoms. The van der Waals surface area contributed by atoms with E-state index in [4.69, 9.17) is 0 Å². The minimum absolute atomic E-state index is 0. The SMILES string of the molecule is CCCC[N-]C.[Cl-].[Cl-].[Li+].[Mg+2]. The fourth-order valence-electron chi connectivity index (χ4n) is 0.316. The van der Waals surface area contributed by atoms with E-state index in [1.807, 2.05) is 7.05 Å². The van der Waals surface area contributed by atoms with E-state index in [1.165, 1.54) is 12.8 Å². The Labute approximate surface area is 105 Å². The molecule has 0 aromatic rings. The minimum Gasteiger partial charge on any atom is -1.00 e. The standard InChI is InChI=1S/C5H12N.2ClH.Li.Mg/c1-3-4-5-6-2;;;;/h3-5H2,1-2H3;2*1H;;/q-1;;;+1;+2/p-2. The van der Waals surface area contributed by atoms with E-state index in [1.54, 1.807) is 0 Å². The number of hydrogen-bond donors (Lipinski definition) is 0. The van der Waals surface area contributed by atoms with Crippen molar-refractivity contribution in [3.05, 3.63) is 5.32 Å². The predicted molar refractivity (Wildman–Crippen MR) is 34.8 cm³/mol. The molecule has 0 fully saturated rings. The predicted octanol–water partition coefficient (Wildman–Crippen LogP) is -7.58. The summed E-state index contributed by atoms with van der Waals surface area (Å²) < 4.78 is 0. The summed E-state index contributed by atoms with van der Waals surface area (Å²) in [6, 6.07) is 0. The van der Waals surface area contributed by atoms with Crippen LogP contribution in [0.2, 0.25) is 0 Å². The zero-order chi connectivity index (χ0) is 4.83. The second-order valence-corrected chi connectivity index (χ2v) is 1.39. The first-order chi connectivity index (χ1) is 2.91. The third kappa shape index (κ3) is 32.7. The van der Waals surface area contributed by atoms with E-state index < -0.39 is 0 Å². The van der Waals surface area contributed by atoms with Crippen molar-refractivity contribution in [3.63, 3.8) is 0 Å². The molecule has 0 spiro atoms. The van der Waals surface area contributed by atoms with E-state index in [0.29, 0.717) is 0 Å². The fraction of sp³-hybridized carbons (Fsp3) is 1.00. The molecule has 0 saturated heterocycles. The number of nitrogens with zero attached hydrogens (tertiary/aromatic N) is 1. The van der Waals surface area contributed by atoms with Gasteiger partial charge in [0.2, 0.25) is 0 Å². The monoisotopic (exact) mass is 187 g/mol. The Balaban J connectivity index is -0.0000000208. The van der Waals surface area contributed by atoms with Crippen LogP contribution in [0.25, 0.3) is 5.32 Å². The molecule has 0 bridgehead atoms. The fourth-order valence-corrected chi connectivity index (χ4v) is 0.316. The van der Waals surface area contributed by atoms with E-state index in [2.05, 4.69) is 12.2 Å². The molecule has 0 rings (SSSR count). The van der Waals surface area contributed by atoms with Crippen LogP contribution in [0.15, 0.2) is 0 Å². The topological polar surface area (TPSA) is 14.1 Å². The molecule has 0 atom stereocenters. The van der Waals surface area contributed by atoms with E-state index in [9.17, 15) is 0 Å². The van der Waals surface area contributed by atoms with Crippen molar-refractivity contribution in [3.8, 4) is 0 Å². The van der Waals surface area contributed by atoms with Gasteiger partial charge in [-0.05, 0) is 0 Å². The van der Waals surface area contributed by atoms with Crippen molar-refractivity contribution in [2.75, 3.05) is 13.6 Å². The van der Waals surface area contributed by atoms with Gasteiger partial charge in [-0.3, -0.25) is 0 Å². The smallest absolute Gasteiger partial charge is 1.00 e. The Kier molecular flexibility index (Phi) is 91.1. The van der Waals surface area contributed by atoms with Crippen molar-refractivity contribution >= 4 is 23.1 Å². The maximum Gasteiger partial charge on any atom is 2.00 e. The van der Waals surface area contributed by atoms with Crippen molar-refractivity contribution in [1.82, 2.24) is 0 Å². The second kappa shape index (κ2) is 30.7. The van der Waals surface area contributed by atoms with Crippen molar-refractivity contribution in [2.45, 2.75) is 19.8 Å². The van der Waals surface area contributed by atoms with Crippen molar-refractivity contribution in [1.29, 1.82) is 0 Å². The van der Waals surface area contributed by atoms with Crippen LogP contribution in [0.3, 0.4) is 0 Å². The van der Waals surface area contributed by atoms with Gasteiger partial charge in [-0.1, -0.05) is 19.8 Å². The van der Waals surface area contributed by atoms with Gasteiger partial charge in [0.1, 0.15) is 0 Å². The van der Waals surface area contributed by atoms with E-state index >= 15 is 0 Å². The van der Waals surface area contributed by atoms with Gasteiger partial charge in [-0.15, -0.1) is 6.54 Å². The average Bonchev–Trinajstić information content (AvgIpc) is 1.61. The second-order valence-electron chi connectivity index (χ2n) is 1.39. The molecule has 0 aliphatic carbocycles. The molecular formula is C5H12Cl2LiMgN. The Morgan fingerprint density at radius 1 is 1.20 bits per heavy atom. The summed E-state index contributed by atoms with van der Waals surface area (Å²) in [5, 5.41) is 3.93. The maximum atomic E-state index is 3.93. The van der Waals surface area contributed by atoms with Crippen LogP contribution in [-0.4, -0.2) is 36.6 Å². The molecule has 0 heterocycles. The van der Waals surface area contributed by atoms with Gasteiger partial charge in [-0.2, -0.15) is 7.05 Å². The van der Waals surface area contributed by atoms with Crippen LogP contribution in [0.1, 0.15) is 19.8 Å². The van der Waals surface area contributed by atoms with E-state index in [-0.39, 0.29) is 66.7 Å². The Bertz CT molecular complexity index is 31.6. The van der Waals surface area contributed by atoms with Gasteiger partial charge in [0, 0.05) is 0 Å². The first-order valence-corrected chi connectivity index (χ1v) is 2.47. The maximum absolute atomic E-state index is 3.93. The minimum atomic E-state index is 0. The largest absolute Gasteiger partial charge is 2.00 e. The van der Waals surface area contributed by atoms with Crippen LogP contribution in [0, 0.1) is 0 Å². The molecule has 0 N–H and O–H groups in total. The Hall–Kier alpha value is 1.90. The number of unbranched alkanes of at least 4 members (excludes halogenated alkanes) is 1. The molecule has 1 nitrogen and oxygen atoms in total. The molecule has 0 radical (unpaired) electrons. The zero-order valence-electron chi connectivity index (χ0n) is 7.03. The molecule has 0 aliphatic heterocycles. The molecular weight excluding hydrogens is 176 g/mol. The van der Waals surface area contributed by atoms with Gasteiger partial charge >= 0.3 is 41.9 Å². The third-order valence-corrected chi connectivity index (χ3v) is 0.735. The number of halogens is 2. The van der Waals surface area contributed by atoms with Crippen LogP contribution < -0.4 is 43.7 Å². The van der Waals surface area contributed by atoms with Gasteiger partial charge < -0.3 is 30.1 Å². The third-order valence-electron chi connectivity index (χ3n) is 0.735. The molecule has 0 aliphatic rings. The molecule has 0 aromatic heterocycles. The summed E-state index contributed by atoms with van der Waals surface area (Å²) in [4.78, 5) is 0. The molecule has 0 aromatic carbocycles. The van der Waals surface area contributed by atoms with Gasteiger partial charge in [-0.25, -0.2) is 0 Å². The summed E-state index contributed by atoms with van der Waals surface area (Å²) in [6.45, 7) is 3.21. The molecule has 5 heteroatoms. The summed E-state index contributed by atoms with van der Waals surface area (Å²) in [7, 11) is 1.86. The van der Waals surface area contributed by atoms with Gasteiger partial charge in [0.05, 0.1) is 0 Å². The van der Waals surface area contributed by atoms with Crippen LogP contribution >= 0.6 is 0 Å². The van der Waals surface area contributed by atoms with Crippen LogP contribution in [0.4, 0.5) is 0 Å². The summed E-state index contributed by atoms with van der Waals surface area (Å²) in [5.41, 5.74) is 0. The summed E-state index contributed by atoms with van der Waals surface area (Å²) >= 11 is 0. The summed E-state index contributed by atoms with van der Waals surface area (Å²) in [5.74, 6) is 0. The number of hydrogen-bond acceptors (Lipinski definition) is 0. The molecule has 0 saturated carbocycles. The first-order valence-electron chi connectivity index (χ1n) is 2.47. The average molecular weight is 188 g/mol. The molecule has 54 valence electrons. The van der Waals surface area contributed by atoms with Gasteiger partial charge in [0.15, 0.2) is 0 Å². The number of rotatable bonds is 3. The zero-order valence-corrected chi connectivity index (χ0v) is 9.96. The first kappa shape index (κ1) is 29.7. The van der Waals surface area contributed by atoms with Crippen LogP contribution in [-0.2, 0) is 0 Å². The van der Waals surface area contributed by atoms with Gasteiger partial charge in [0.25, 0.3) is 0 Å². The molecule has 0 unspecified atom stereocenters. The van der Waals surface area contributed by atoms with Crippen molar-refractivity contribution in [2.24, 2.45) is 0 Å². The Morgan fingerprint density at radius 3 is 1.70 bits per heavy atom. The summed E-state index contributed by atoms with van der Waals surface area (Å²) in [6.07, 6.45) is 2.51. The quantitative estimate of drug-likeness (QED) is 0.309. The van der Waals surface area contributed by atoms with Crippen molar-refractivity contribution < 1.29 is 43.7 Å². The van der Waals surface area contributed by atoms with Crippen LogP contribution in [0.5, 0.6) is 0 Å². The van der Waals surface area contributed by atoms with E-state index in [0.717, 1.165) is 6.54 Å². The molecule has 0 amide bonds. The Morgan fingerprint density at radius 2 is 1.60 bits per heavy atom.